The van der Waals surface area contributed by atoms with E-state index in [9.17, 15) is 13.2 Å². The van der Waals surface area contributed by atoms with Crippen molar-refractivity contribution in [3.05, 3.63) is 40.8 Å². The fourth-order valence-corrected chi connectivity index (χ4v) is 5.43. The number of nitrogens with zero attached hydrogens (tertiary/aromatic N) is 1. The van der Waals surface area contributed by atoms with Crippen LogP contribution >= 0.6 is 11.3 Å². The van der Waals surface area contributed by atoms with Crippen molar-refractivity contribution in [1.29, 1.82) is 0 Å². The summed E-state index contributed by atoms with van der Waals surface area (Å²) in [6, 6.07) is 8.94. The monoisotopic (exact) mass is 392 g/mol. The van der Waals surface area contributed by atoms with Crippen LogP contribution < -0.4 is 9.62 Å². The van der Waals surface area contributed by atoms with Crippen molar-refractivity contribution in [2.75, 3.05) is 16.2 Å². The average molecular weight is 393 g/mol. The van der Waals surface area contributed by atoms with Gasteiger partial charge in [-0.25, -0.2) is 8.42 Å². The maximum atomic E-state index is 12.6. The van der Waals surface area contributed by atoms with Gasteiger partial charge in [-0.05, 0) is 55.2 Å². The number of amides is 1. The molecule has 0 bridgehead atoms. The minimum absolute atomic E-state index is 0.143. The summed E-state index contributed by atoms with van der Waals surface area (Å²) in [7, 11) is -3.58. The van der Waals surface area contributed by atoms with Gasteiger partial charge in [0, 0.05) is 29.2 Å². The van der Waals surface area contributed by atoms with Crippen LogP contribution in [0.5, 0.6) is 0 Å². The topological polar surface area (TPSA) is 66.5 Å². The Morgan fingerprint density at radius 1 is 1.15 bits per heavy atom. The molecule has 0 saturated carbocycles. The summed E-state index contributed by atoms with van der Waals surface area (Å²) in [5.74, 6) is 0.143. The van der Waals surface area contributed by atoms with Gasteiger partial charge < -0.3 is 4.90 Å². The minimum Gasteiger partial charge on any atom is -0.312 e. The van der Waals surface area contributed by atoms with E-state index in [0.717, 1.165) is 35.4 Å². The minimum atomic E-state index is -3.58. The van der Waals surface area contributed by atoms with Gasteiger partial charge >= 0.3 is 0 Å². The van der Waals surface area contributed by atoms with E-state index in [1.807, 2.05) is 30.0 Å². The first-order valence-corrected chi connectivity index (χ1v) is 11.3. The summed E-state index contributed by atoms with van der Waals surface area (Å²) in [5.41, 5.74) is 2.46. The molecule has 0 radical (unpaired) electrons. The van der Waals surface area contributed by atoms with E-state index in [2.05, 4.69) is 11.6 Å². The van der Waals surface area contributed by atoms with E-state index in [4.69, 9.17) is 0 Å². The third-order valence-corrected chi connectivity index (χ3v) is 7.62. The molecule has 3 rings (SSSR count). The molecular formula is C19H24N2O3S2. The molecule has 0 saturated heterocycles. The molecule has 2 aromatic rings. The number of sulfonamides is 1. The van der Waals surface area contributed by atoms with Gasteiger partial charge in [0.15, 0.2) is 0 Å². The molecular weight excluding hydrogens is 368 g/mol. The molecule has 0 atom stereocenters. The molecule has 1 amide bonds. The van der Waals surface area contributed by atoms with Crippen molar-refractivity contribution in [2.45, 2.75) is 50.2 Å². The lowest BCUT2D eigenvalue weighted by Crippen LogP contribution is -2.35. The number of carbonyl (C=O) groups is 1. The predicted molar refractivity (Wildman–Crippen MR) is 107 cm³/mol. The number of hydrogen-bond acceptors (Lipinski definition) is 4. The normalized spacial score (nSPS) is 14.4. The zero-order chi connectivity index (χ0) is 18.7. The van der Waals surface area contributed by atoms with Crippen LogP contribution in [0, 0.1) is 0 Å². The van der Waals surface area contributed by atoms with Crippen molar-refractivity contribution >= 4 is 38.6 Å². The Balaban J connectivity index is 1.83. The van der Waals surface area contributed by atoms with Crippen LogP contribution in [-0.2, 0) is 27.7 Å². The summed E-state index contributed by atoms with van der Waals surface area (Å²) < 4.78 is 28.2. The molecule has 1 aliphatic heterocycles. The van der Waals surface area contributed by atoms with Crippen molar-refractivity contribution in [3.63, 3.8) is 0 Å². The van der Waals surface area contributed by atoms with E-state index >= 15 is 0 Å². The summed E-state index contributed by atoms with van der Waals surface area (Å²) in [6.07, 6.45) is 3.92. The number of carbonyl (C=O) groups excluding carboxylic acids is 1. The number of anilines is 2. The van der Waals surface area contributed by atoms with Crippen molar-refractivity contribution in [1.82, 2.24) is 0 Å². The van der Waals surface area contributed by atoms with Crippen molar-refractivity contribution in [3.8, 4) is 0 Å². The van der Waals surface area contributed by atoms with Gasteiger partial charge in [0.05, 0.1) is 0 Å². The number of hydrogen-bond donors (Lipinski definition) is 1. The highest BCUT2D eigenvalue weighted by Crippen LogP contribution is 2.32. The Morgan fingerprint density at radius 2 is 1.96 bits per heavy atom. The van der Waals surface area contributed by atoms with Crippen LogP contribution in [-0.4, -0.2) is 20.9 Å². The molecule has 26 heavy (non-hydrogen) atoms. The van der Waals surface area contributed by atoms with Crippen LogP contribution in [0.15, 0.2) is 34.5 Å². The second-order valence-electron chi connectivity index (χ2n) is 6.42. The average Bonchev–Trinajstić information content (AvgIpc) is 3.11. The number of nitrogens with one attached hydrogen (secondary N) is 1. The third-order valence-electron chi connectivity index (χ3n) is 4.52. The second-order valence-corrected chi connectivity index (χ2v) is 9.50. The van der Waals surface area contributed by atoms with Crippen molar-refractivity contribution < 1.29 is 13.2 Å². The standard InChI is InChI=1S/C19H24N2O3S2/c1-3-5-12-21-17-9-7-15(13-14(17)6-10-18(21)22)20-26(23,24)19-11-8-16(4-2)25-19/h7-9,11,13,20H,3-6,10,12H2,1-2H3. The fourth-order valence-electron chi connectivity index (χ4n) is 3.08. The molecule has 0 unspecified atom stereocenters. The maximum Gasteiger partial charge on any atom is 0.271 e. The Bertz CT molecular complexity index is 903. The predicted octanol–water partition coefficient (Wildman–Crippen LogP) is 4.19. The van der Waals surface area contributed by atoms with Crippen molar-refractivity contribution in [2.24, 2.45) is 0 Å². The van der Waals surface area contributed by atoms with Gasteiger partial charge in [-0.1, -0.05) is 20.3 Å². The van der Waals surface area contributed by atoms with Gasteiger partial charge in [-0.2, -0.15) is 0 Å². The van der Waals surface area contributed by atoms with Crippen LogP contribution in [0.3, 0.4) is 0 Å². The molecule has 1 aromatic heterocycles. The van der Waals surface area contributed by atoms with Gasteiger partial charge in [0.25, 0.3) is 10.0 Å². The summed E-state index contributed by atoms with van der Waals surface area (Å²) in [6.45, 7) is 4.81. The number of benzene rings is 1. The molecule has 0 fully saturated rings. The van der Waals surface area contributed by atoms with Gasteiger partial charge in [0.1, 0.15) is 4.21 Å². The molecule has 7 heteroatoms. The van der Waals surface area contributed by atoms with Crippen LogP contribution in [0.2, 0.25) is 0 Å². The molecule has 0 spiro atoms. The number of rotatable bonds is 7. The first-order chi connectivity index (χ1) is 12.4. The van der Waals surface area contributed by atoms with E-state index in [0.29, 0.717) is 29.3 Å². The largest absolute Gasteiger partial charge is 0.312 e. The molecule has 2 heterocycles. The molecule has 0 aliphatic carbocycles. The molecule has 5 nitrogen and oxygen atoms in total. The first kappa shape index (κ1) is 18.9. The number of fused-ring (bicyclic) bond motifs is 1. The van der Waals surface area contributed by atoms with Crippen LogP contribution in [0.4, 0.5) is 11.4 Å². The Hall–Kier alpha value is -1.86. The smallest absolute Gasteiger partial charge is 0.271 e. The quantitative estimate of drug-likeness (QED) is 0.768. The van der Waals surface area contributed by atoms with Gasteiger partial charge in [-0.3, -0.25) is 9.52 Å². The Kier molecular flexibility index (Phi) is 5.67. The number of unbranched alkanes of at least 4 members (excludes halogenated alkanes) is 1. The summed E-state index contributed by atoms with van der Waals surface area (Å²) >= 11 is 1.29. The van der Waals surface area contributed by atoms with Gasteiger partial charge in [-0.15, -0.1) is 11.3 Å². The summed E-state index contributed by atoms with van der Waals surface area (Å²) in [5, 5.41) is 0. The molecule has 1 aromatic carbocycles. The van der Waals surface area contributed by atoms with Gasteiger partial charge in [0.2, 0.25) is 5.91 Å². The number of aryl methyl sites for hydroxylation is 2. The highest BCUT2D eigenvalue weighted by molar-refractivity contribution is 7.94. The number of thiophene rings is 1. The Labute approximate surface area is 159 Å². The molecule has 1 aliphatic rings. The van der Waals surface area contributed by atoms with Crippen LogP contribution in [0.25, 0.3) is 0 Å². The second kappa shape index (κ2) is 7.80. The first-order valence-electron chi connectivity index (χ1n) is 8.99. The molecule has 1 N–H and O–H groups in total. The summed E-state index contributed by atoms with van der Waals surface area (Å²) in [4.78, 5) is 15.1. The SMILES string of the molecule is CCCCN1C(=O)CCc2cc(NS(=O)(=O)c3ccc(CC)s3)ccc21. The van der Waals surface area contributed by atoms with Crippen LogP contribution in [0.1, 0.15) is 43.6 Å². The fraction of sp³-hybridized carbons (Fsp3) is 0.421. The molecule has 140 valence electrons. The lowest BCUT2D eigenvalue weighted by atomic mass is 10.00. The highest BCUT2D eigenvalue weighted by atomic mass is 32.2. The third kappa shape index (κ3) is 3.94. The Morgan fingerprint density at radius 3 is 2.65 bits per heavy atom. The lowest BCUT2D eigenvalue weighted by Gasteiger charge is -2.29. The highest BCUT2D eigenvalue weighted by Gasteiger charge is 2.24. The zero-order valence-corrected chi connectivity index (χ0v) is 16.8. The lowest BCUT2D eigenvalue weighted by molar-refractivity contribution is -0.118. The van der Waals surface area contributed by atoms with E-state index < -0.39 is 10.0 Å². The van der Waals surface area contributed by atoms with E-state index in [1.54, 1.807) is 12.1 Å². The van der Waals surface area contributed by atoms with E-state index in [1.165, 1.54) is 11.3 Å². The maximum absolute atomic E-state index is 12.6. The zero-order valence-electron chi connectivity index (χ0n) is 15.1. The van der Waals surface area contributed by atoms with E-state index in [-0.39, 0.29) is 5.91 Å².